The maximum atomic E-state index is 14.0. The molecule has 1 aromatic rings. The maximum Gasteiger partial charge on any atom is 0.303 e. The molecule has 4 atom stereocenters. The van der Waals surface area contributed by atoms with Gasteiger partial charge in [-0.25, -0.2) is 8.78 Å². The van der Waals surface area contributed by atoms with Gasteiger partial charge in [0.15, 0.2) is 0 Å². The number of fused-ring (bicyclic) bond motifs is 1. The Morgan fingerprint density at radius 3 is 2.12 bits per heavy atom. The van der Waals surface area contributed by atoms with E-state index in [0.29, 0.717) is 13.0 Å². The number of imide groups is 1. The van der Waals surface area contributed by atoms with Crippen LogP contribution in [0, 0.1) is 17.7 Å². The number of hydrogen-bond acceptors (Lipinski definition) is 8. The van der Waals surface area contributed by atoms with E-state index in [1.807, 2.05) is 0 Å². The summed E-state index contributed by atoms with van der Waals surface area (Å²) in [5.74, 6) is -3.44. The lowest BCUT2D eigenvalue weighted by atomic mass is 9.78. The molecule has 4 fully saturated rings. The second kappa shape index (κ2) is 14.9. The molecule has 0 radical (unpaired) electrons. The highest BCUT2D eigenvalue weighted by Crippen LogP contribution is 2.39. The van der Waals surface area contributed by atoms with Crippen LogP contribution in [0.4, 0.5) is 14.5 Å². The fourth-order valence-corrected chi connectivity index (χ4v) is 6.31. The van der Waals surface area contributed by atoms with Gasteiger partial charge in [0.05, 0.1) is 42.6 Å². The first-order valence-corrected chi connectivity index (χ1v) is 15.1. The van der Waals surface area contributed by atoms with E-state index in [1.165, 1.54) is 23.8 Å². The van der Waals surface area contributed by atoms with Gasteiger partial charge in [0.25, 0.3) is 0 Å². The third-order valence-corrected chi connectivity index (χ3v) is 8.68. The zero-order valence-electron chi connectivity index (χ0n) is 24.2. The molecule has 5 rings (SSSR count). The number of alkyl halides is 1. The van der Waals surface area contributed by atoms with E-state index < -0.39 is 36.1 Å². The molecule has 3 N–H and O–H groups in total. The van der Waals surface area contributed by atoms with Gasteiger partial charge in [-0.3, -0.25) is 29.0 Å². The minimum absolute atomic E-state index is 0.0292. The van der Waals surface area contributed by atoms with E-state index in [9.17, 15) is 33.1 Å². The molecular weight excluding hydrogens is 568 g/mol. The average Bonchev–Trinajstić information content (AvgIpc) is 3.56. The summed E-state index contributed by atoms with van der Waals surface area (Å²) in [6.45, 7) is 4.13. The van der Waals surface area contributed by atoms with Crippen molar-refractivity contribution in [3.63, 3.8) is 0 Å². The maximum absolute atomic E-state index is 14.0. The Balaban J connectivity index is 0.000000467. The number of carboxylic acids is 2. The van der Waals surface area contributed by atoms with Gasteiger partial charge < -0.3 is 25.0 Å². The largest absolute Gasteiger partial charge is 0.488 e. The van der Waals surface area contributed by atoms with Crippen LogP contribution in [0.15, 0.2) is 18.2 Å². The Bertz CT molecular complexity index is 1110. The van der Waals surface area contributed by atoms with Crippen LogP contribution in [0.25, 0.3) is 0 Å². The number of piperazine rings is 1. The highest BCUT2D eigenvalue weighted by Gasteiger charge is 2.52. The van der Waals surface area contributed by atoms with Crippen molar-refractivity contribution in [1.29, 1.82) is 0 Å². The predicted octanol–water partition coefficient (Wildman–Crippen LogP) is 2.69. The number of benzene rings is 1. The number of nitrogens with zero attached hydrogens (tertiary/aromatic N) is 3. The first-order chi connectivity index (χ1) is 20.5. The molecule has 1 aromatic carbocycles. The number of hydrogen-bond donors (Lipinski definition) is 3. The zero-order valence-corrected chi connectivity index (χ0v) is 24.2. The van der Waals surface area contributed by atoms with Crippen molar-refractivity contribution in [3.05, 3.63) is 24.0 Å². The third-order valence-electron chi connectivity index (χ3n) is 8.68. The Hall–Kier alpha value is -3.32. The van der Waals surface area contributed by atoms with Gasteiger partial charge in [-0.1, -0.05) is 0 Å². The van der Waals surface area contributed by atoms with Crippen molar-refractivity contribution in [1.82, 2.24) is 9.80 Å². The summed E-state index contributed by atoms with van der Waals surface area (Å²) in [6.07, 6.45) is 2.06. The summed E-state index contributed by atoms with van der Waals surface area (Å²) in [7, 11) is 0. The Kier molecular flexibility index (Phi) is 11.3. The van der Waals surface area contributed by atoms with Crippen molar-refractivity contribution in [3.8, 4) is 5.75 Å². The van der Waals surface area contributed by atoms with Crippen LogP contribution in [0.1, 0.15) is 57.8 Å². The fraction of sp³-hybridized carbons (Fsp3) is 0.667. The van der Waals surface area contributed by atoms with Gasteiger partial charge in [-0.2, -0.15) is 0 Å². The molecule has 2 aliphatic heterocycles. The molecule has 2 saturated heterocycles. The number of carbonyl (C=O) groups is 4. The second-order valence-electron chi connectivity index (χ2n) is 11.7. The number of halogens is 2. The number of aliphatic carboxylic acids is 2. The second-order valence-corrected chi connectivity index (χ2v) is 11.7. The van der Waals surface area contributed by atoms with Crippen LogP contribution in [0.5, 0.6) is 5.75 Å². The minimum Gasteiger partial charge on any atom is -0.488 e. The van der Waals surface area contributed by atoms with E-state index in [1.54, 1.807) is 12.1 Å². The molecule has 0 aromatic heterocycles. The lowest BCUT2D eigenvalue weighted by Crippen LogP contribution is -2.47. The molecule has 4 unspecified atom stereocenters. The number of aliphatic hydroxyl groups excluding tert-OH is 1. The minimum atomic E-state index is -1.44. The summed E-state index contributed by atoms with van der Waals surface area (Å²) in [6, 6.07) is 4.75. The molecule has 0 spiro atoms. The molecule has 11 nitrogen and oxygen atoms in total. The van der Waals surface area contributed by atoms with E-state index in [4.69, 9.17) is 14.9 Å². The number of likely N-dealkylation sites (tertiary alicyclic amines) is 1. The highest BCUT2D eigenvalue weighted by atomic mass is 19.1. The number of amides is 2. The van der Waals surface area contributed by atoms with E-state index in [0.717, 1.165) is 57.0 Å². The summed E-state index contributed by atoms with van der Waals surface area (Å²) in [5.41, 5.74) is 0.806. The molecule has 2 heterocycles. The lowest BCUT2D eigenvalue weighted by Gasteiger charge is -2.37. The van der Waals surface area contributed by atoms with Crippen LogP contribution in [0.2, 0.25) is 0 Å². The molecular formula is C30H41F2N3O8. The summed E-state index contributed by atoms with van der Waals surface area (Å²) in [4.78, 5) is 50.3. The molecule has 0 bridgehead atoms. The van der Waals surface area contributed by atoms with E-state index in [-0.39, 0.29) is 49.4 Å². The predicted molar refractivity (Wildman–Crippen MR) is 151 cm³/mol. The number of rotatable bonds is 10. The van der Waals surface area contributed by atoms with Crippen LogP contribution in [0.3, 0.4) is 0 Å². The quantitative estimate of drug-likeness (QED) is 0.338. The van der Waals surface area contributed by atoms with Crippen molar-refractivity contribution in [2.75, 3.05) is 44.2 Å². The molecule has 238 valence electrons. The lowest BCUT2D eigenvalue weighted by molar-refractivity contribution is -0.143. The zero-order chi connectivity index (χ0) is 31.1. The Morgan fingerprint density at radius 2 is 1.51 bits per heavy atom. The first kappa shape index (κ1) is 32.6. The first-order valence-electron chi connectivity index (χ1n) is 15.1. The topological polar surface area (TPSA) is 148 Å². The van der Waals surface area contributed by atoms with Gasteiger partial charge in [-0.15, -0.1) is 0 Å². The Labute approximate surface area is 249 Å². The number of ether oxygens (including phenoxy) is 1. The van der Waals surface area contributed by atoms with Crippen LogP contribution >= 0.6 is 0 Å². The standard InChI is InChI=1S/C26H35F2N3O4.C4H6O4/c27-17-6-7-24(35-18-4-1-2-5-18)22(14-17)30-12-10-29(11-13-30)8-3-9-31-25(33)19-15-21(28)23(32)16-20(19)26(31)34;5-3(6)1-2-4(7)8/h6-7,14,18-21,23,32H,1-5,8-13,15-16H2;1-2H2,(H,5,6)(H,7,8). The summed E-state index contributed by atoms with van der Waals surface area (Å²) >= 11 is 0. The average molecular weight is 610 g/mol. The monoisotopic (exact) mass is 609 g/mol. The molecule has 43 heavy (non-hydrogen) atoms. The Morgan fingerprint density at radius 1 is 0.907 bits per heavy atom. The normalized spacial score (nSPS) is 26.2. The fourth-order valence-electron chi connectivity index (χ4n) is 6.31. The molecule has 2 amide bonds. The highest BCUT2D eigenvalue weighted by molar-refractivity contribution is 6.05. The number of anilines is 1. The molecule has 2 saturated carbocycles. The van der Waals surface area contributed by atoms with Crippen LogP contribution in [-0.4, -0.2) is 107 Å². The van der Waals surface area contributed by atoms with Crippen LogP contribution < -0.4 is 9.64 Å². The van der Waals surface area contributed by atoms with Gasteiger partial charge in [-0.05, 0) is 63.6 Å². The van der Waals surface area contributed by atoms with Crippen LogP contribution in [-0.2, 0) is 19.2 Å². The third kappa shape index (κ3) is 8.62. The molecule has 2 aliphatic carbocycles. The van der Waals surface area contributed by atoms with E-state index in [2.05, 4.69) is 9.80 Å². The SMILES string of the molecule is O=C(O)CCC(=O)O.O=C1C2CC(O)C(F)CC2C(=O)N1CCCN1CCN(c2cc(F)ccc2OC2CCCC2)CC1. The molecule has 4 aliphatic rings. The molecule has 13 heteroatoms. The van der Waals surface area contributed by atoms with Gasteiger partial charge in [0.1, 0.15) is 17.7 Å². The van der Waals surface area contributed by atoms with Gasteiger partial charge in [0.2, 0.25) is 11.8 Å². The van der Waals surface area contributed by atoms with Crippen molar-refractivity contribution in [2.45, 2.75) is 76.2 Å². The van der Waals surface area contributed by atoms with E-state index >= 15 is 0 Å². The number of aliphatic hydroxyl groups is 1. The van der Waals surface area contributed by atoms with Crippen molar-refractivity contribution in [2.24, 2.45) is 11.8 Å². The summed E-state index contributed by atoms with van der Waals surface area (Å²) in [5, 5.41) is 25.6. The number of carbonyl (C=O) groups excluding carboxylic acids is 2. The van der Waals surface area contributed by atoms with Crippen molar-refractivity contribution >= 4 is 29.4 Å². The van der Waals surface area contributed by atoms with Crippen molar-refractivity contribution < 1.29 is 48.0 Å². The smallest absolute Gasteiger partial charge is 0.303 e. The van der Waals surface area contributed by atoms with Gasteiger partial charge >= 0.3 is 11.9 Å². The van der Waals surface area contributed by atoms with Gasteiger partial charge in [0, 0.05) is 38.8 Å². The summed E-state index contributed by atoms with van der Waals surface area (Å²) < 4.78 is 34.1. The number of carboxylic acid groups (broad SMARTS) is 2.